The van der Waals surface area contributed by atoms with Crippen LogP contribution in [0.15, 0.2) is 23.1 Å². The molecule has 0 saturated carbocycles. The van der Waals surface area contributed by atoms with Gasteiger partial charge in [-0.25, -0.2) is 8.42 Å². The molecule has 0 unspecified atom stereocenters. The van der Waals surface area contributed by atoms with E-state index in [9.17, 15) is 18.5 Å². The molecular formula is C10H10ClN3O4S. The van der Waals surface area contributed by atoms with E-state index < -0.39 is 20.5 Å². The summed E-state index contributed by atoms with van der Waals surface area (Å²) >= 11 is 5.72. The second-order valence-corrected chi connectivity index (χ2v) is 6.27. The number of nitro benzene ring substituents is 1. The zero-order chi connectivity index (χ0) is 14.8. The van der Waals surface area contributed by atoms with Gasteiger partial charge in [0.1, 0.15) is 10.4 Å². The number of sulfonamides is 1. The maximum atomic E-state index is 12.0. The topological polar surface area (TPSA) is 113 Å². The van der Waals surface area contributed by atoms with E-state index in [0.717, 1.165) is 18.2 Å². The van der Waals surface area contributed by atoms with Gasteiger partial charge in [-0.2, -0.15) is 9.98 Å². The number of nitro groups is 1. The molecule has 19 heavy (non-hydrogen) atoms. The minimum Gasteiger partial charge on any atom is -0.258 e. The minimum absolute atomic E-state index is 0.282. The van der Waals surface area contributed by atoms with Gasteiger partial charge >= 0.3 is 0 Å². The van der Waals surface area contributed by atoms with Crippen LogP contribution in [-0.4, -0.2) is 18.9 Å². The second-order valence-electron chi connectivity index (χ2n) is 4.21. The molecule has 1 N–H and O–H groups in total. The van der Waals surface area contributed by atoms with E-state index in [1.54, 1.807) is 6.07 Å². The van der Waals surface area contributed by atoms with Crippen molar-refractivity contribution in [3.8, 4) is 6.07 Å². The van der Waals surface area contributed by atoms with E-state index in [2.05, 4.69) is 4.72 Å². The van der Waals surface area contributed by atoms with Gasteiger partial charge in [-0.1, -0.05) is 11.6 Å². The molecule has 0 radical (unpaired) electrons. The van der Waals surface area contributed by atoms with Crippen LogP contribution in [0.5, 0.6) is 0 Å². The number of non-ortho nitro benzene ring substituents is 1. The Balaban J connectivity index is 3.24. The van der Waals surface area contributed by atoms with E-state index in [-0.39, 0.29) is 15.6 Å². The first-order valence-electron chi connectivity index (χ1n) is 4.98. The van der Waals surface area contributed by atoms with E-state index in [1.165, 1.54) is 13.8 Å². The van der Waals surface area contributed by atoms with Crippen molar-refractivity contribution in [2.75, 3.05) is 0 Å². The smallest absolute Gasteiger partial charge is 0.258 e. The Hall–Kier alpha value is -1.69. The van der Waals surface area contributed by atoms with Crippen LogP contribution in [0.2, 0.25) is 5.02 Å². The highest BCUT2D eigenvalue weighted by molar-refractivity contribution is 7.89. The Morgan fingerprint density at radius 2 is 2.05 bits per heavy atom. The molecule has 1 rings (SSSR count). The fourth-order valence-electron chi connectivity index (χ4n) is 1.23. The molecule has 0 heterocycles. The second kappa shape index (κ2) is 5.13. The first-order valence-corrected chi connectivity index (χ1v) is 6.84. The number of hydrogen-bond donors (Lipinski definition) is 1. The van der Waals surface area contributed by atoms with Gasteiger partial charge in [-0.3, -0.25) is 10.1 Å². The van der Waals surface area contributed by atoms with Gasteiger partial charge in [-0.05, 0) is 19.9 Å². The van der Waals surface area contributed by atoms with E-state index in [1.807, 2.05) is 0 Å². The lowest BCUT2D eigenvalue weighted by Crippen LogP contribution is -2.42. The predicted octanol–water partition coefficient (Wildman–Crippen LogP) is 1.83. The van der Waals surface area contributed by atoms with Gasteiger partial charge in [0.2, 0.25) is 10.0 Å². The summed E-state index contributed by atoms with van der Waals surface area (Å²) < 4.78 is 26.1. The molecule has 0 saturated heterocycles. The monoisotopic (exact) mass is 303 g/mol. The number of halogens is 1. The van der Waals surface area contributed by atoms with Crippen LogP contribution in [0.4, 0.5) is 5.69 Å². The van der Waals surface area contributed by atoms with E-state index >= 15 is 0 Å². The van der Waals surface area contributed by atoms with Crippen molar-refractivity contribution in [3.63, 3.8) is 0 Å². The Bertz CT molecular complexity index is 664. The van der Waals surface area contributed by atoms with Crippen LogP contribution in [0.25, 0.3) is 0 Å². The normalized spacial score (nSPS) is 11.9. The van der Waals surface area contributed by atoms with Crippen LogP contribution in [-0.2, 0) is 10.0 Å². The van der Waals surface area contributed by atoms with Crippen molar-refractivity contribution < 1.29 is 13.3 Å². The zero-order valence-electron chi connectivity index (χ0n) is 10.0. The number of nitrogens with one attached hydrogen (secondary N) is 1. The molecule has 0 amide bonds. The maximum absolute atomic E-state index is 12.0. The third kappa shape index (κ3) is 3.64. The average Bonchev–Trinajstić information content (AvgIpc) is 2.27. The highest BCUT2D eigenvalue weighted by Gasteiger charge is 2.28. The number of hydrogen-bond acceptors (Lipinski definition) is 5. The lowest BCUT2D eigenvalue weighted by atomic mass is 10.1. The summed E-state index contributed by atoms with van der Waals surface area (Å²) in [6.07, 6.45) is 0. The van der Waals surface area contributed by atoms with Crippen molar-refractivity contribution >= 4 is 27.3 Å². The molecule has 0 aliphatic rings. The molecule has 1 aromatic carbocycles. The van der Waals surface area contributed by atoms with Gasteiger partial charge in [0.25, 0.3) is 5.69 Å². The van der Waals surface area contributed by atoms with E-state index in [4.69, 9.17) is 16.9 Å². The lowest BCUT2D eigenvalue weighted by molar-refractivity contribution is -0.384. The third-order valence-corrected chi connectivity index (χ3v) is 4.22. The Labute approximate surface area is 115 Å². The number of benzene rings is 1. The molecule has 9 heteroatoms. The molecule has 7 nitrogen and oxygen atoms in total. The Kier molecular flexibility index (Phi) is 4.15. The van der Waals surface area contributed by atoms with Crippen LogP contribution in [0.1, 0.15) is 13.8 Å². The molecule has 102 valence electrons. The summed E-state index contributed by atoms with van der Waals surface area (Å²) in [6, 6.07) is 4.77. The minimum atomic E-state index is -4.03. The number of nitrogens with zero attached hydrogens (tertiary/aromatic N) is 2. The molecule has 0 aromatic heterocycles. The summed E-state index contributed by atoms with van der Waals surface area (Å²) in [4.78, 5) is 9.53. The average molecular weight is 304 g/mol. The van der Waals surface area contributed by atoms with Crippen LogP contribution >= 0.6 is 11.6 Å². The maximum Gasteiger partial charge on any atom is 0.271 e. The summed E-state index contributed by atoms with van der Waals surface area (Å²) in [5, 5.41) is 19.0. The molecular weight excluding hydrogens is 294 g/mol. The fraction of sp³-hybridized carbons (Fsp3) is 0.300. The van der Waals surface area contributed by atoms with Crippen molar-refractivity contribution in [3.05, 3.63) is 33.3 Å². The largest absolute Gasteiger partial charge is 0.271 e. The molecule has 0 aliphatic heterocycles. The highest BCUT2D eigenvalue weighted by Crippen LogP contribution is 2.26. The molecule has 0 bridgehead atoms. The summed E-state index contributed by atoms with van der Waals surface area (Å²) in [7, 11) is -4.03. The summed E-state index contributed by atoms with van der Waals surface area (Å²) in [5.74, 6) is 0. The zero-order valence-corrected chi connectivity index (χ0v) is 11.6. The number of nitriles is 1. The van der Waals surface area contributed by atoms with Gasteiger partial charge in [0.05, 0.1) is 16.0 Å². The van der Waals surface area contributed by atoms with E-state index in [0.29, 0.717) is 0 Å². The number of rotatable bonds is 4. The third-order valence-electron chi connectivity index (χ3n) is 2.08. The summed E-state index contributed by atoms with van der Waals surface area (Å²) in [6.45, 7) is 2.76. The molecule has 0 spiro atoms. The fourth-order valence-corrected chi connectivity index (χ4v) is 3.10. The molecule has 0 aliphatic carbocycles. The molecule has 1 aromatic rings. The van der Waals surface area contributed by atoms with Crippen LogP contribution < -0.4 is 4.72 Å². The van der Waals surface area contributed by atoms with Gasteiger partial charge in [0, 0.05) is 12.1 Å². The van der Waals surface area contributed by atoms with Crippen molar-refractivity contribution in [1.82, 2.24) is 4.72 Å². The predicted molar refractivity (Wildman–Crippen MR) is 68.1 cm³/mol. The highest BCUT2D eigenvalue weighted by atomic mass is 35.5. The standard InChI is InChI=1S/C10H10ClN3O4S/c1-10(2,6-12)13-19(17,18)9-4-3-7(14(15)16)5-8(9)11/h3-5,13H,1-2H3. The molecule has 0 atom stereocenters. The summed E-state index contributed by atoms with van der Waals surface area (Å²) in [5.41, 5.74) is -1.63. The first-order chi connectivity index (χ1) is 8.59. The lowest BCUT2D eigenvalue weighted by Gasteiger charge is -2.17. The van der Waals surface area contributed by atoms with Gasteiger partial charge < -0.3 is 0 Å². The van der Waals surface area contributed by atoms with Gasteiger partial charge in [0.15, 0.2) is 0 Å². The van der Waals surface area contributed by atoms with Crippen molar-refractivity contribution in [2.45, 2.75) is 24.3 Å². The first kappa shape index (κ1) is 15.4. The SMILES string of the molecule is CC(C)(C#N)NS(=O)(=O)c1ccc([N+](=O)[O-])cc1Cl. The van der Waals surface area contributed by atoms with Crippen LogP contribution in [0.3, 0.4) is 0 Å². The van der Waals surface area contributed by atoms with Gasteiger partial charge in [-0.15, -0.1) is 0 Å². The Morgan fingerprint density at radius 3 is 2.47 bits per heavy atom. The van der Waals surface area contributed by atoms with Crippen molar-refractivity contribution in [2.24, 2.45) is 0 Å². The molecule has 0 fully saturated rings. The Morgan fingerprint density at radius 1 is 1.47 bits per heavy atom. The van der Waals surface area contributed by atoms with Crippen LogP contribution in [0, 0.1) is 21.4 Å². The quantitative estimate of drug-likeness (QED) is 0.673. The van der Waals surface area contributed by atoms with Crippen molar-refractivity contribution in [1.29, 1.82) is 5.26 Å².